The molecule has 2 aromatic carbocycles. The molecule has 2 rings (SSSR count). The van der Waals surface area contributed by atoms with E-state index in [0.717, 1.165) is 22.7 Å². The third kappa shape index (κ3) is 3.69. The van der Waals surface area contributed by atoms with Gasteiger partial charge in [0, 0.05) is 16.6 Å². The molecule has 1 atom stereocenters. The van der Waals surface area contributed by atoms with E-state index < -0.39 is 17.7 Å². The van der Waals surface area contributed by atoms with Gasteiger partial charge >= 0.3 is 0 Å². The van der Waals surface area contributed by atoms with Crippen molar-refractivity contribution in [3.8, 4) is 0 Å². The lowest BCUT2D eigenvalue weighted by atomic mass is 10.1. The molecule has 2 aromatic rings. The molecule has 0 amide bonds. The van der Waals surface area contributed by atoms with Crippen molar-refractivity contribution >= 4 is 33.2 Å². The Morgan fingerprint density at radius 3 is 2.65 bits per heavy atom. The van der Waals surface area contributed by atoms with Crippen molar-refractivity contribution in [1.82, 2.24) is 0 Å². The van der Waals surface area contributed by atoms with Gasteiger partial charge in [-0.25, -0.2) is 8.78 Å². The topological polar surface area (TPSA) is 32.3 Å². The second-order valence-corrected chi connectivity index (χ2v) is 5.51. The summed E-state index contributed by atoms with van der Waals surface area (Å²) in [6.07, 6.45) is -1.18. The summed E-state index contributed by atoms with van der Waals surface area (Å²) in [6.45, 7) is 0.0156. The monoisotopic (exact) mass is 361 g/mol. The van der Waals surface area contributed by atoms with Crippen LogP contribution < -0.4 is 5.32 Å². The number of aliphatic hydroxyl groups is 1. The summed E-state index contributed by atoms with van der Waals surface area (Å²) in [5, 5.41) is 13.3. The van der Waals surface area contributed by atoms with Gasteiger partial charge in [0.25, 0.3) is 0 Å². The van der Waals surface area contributed by atoms with E-state index in [1.807, 2.05) is 0 Å². The van der Waals surface area contributed by atoms with Gasteiger partial charge in [-0.1, -0.05) is 27.5 Å². The van der Waals surface area contributed by atoms with Crippen LogP contribution in [0.5, 0.6) is 0 Å². The lowest BCUT2D eigenvalue weighted by Gasteiger charge is -2.15. The van der Waals surface area contributed by atoms with Gasteiger partial charge in [0.05, 0.1) is 16.8 Å². The predicted octanol–water partition coefficient (Wildman–Crippen LogP) is 4.53. The van der Waals surface area contributed by atoms with Crippen molar-refractivity contribution in [1.29, 1.82) is 0 Å². The van der Waals surface area contributed by atoms with Gasteiger partial charge in [0.1, 0.15) is 11.6 Å². The molecule has 0 saturated carbocycles. The van der Waals surface area contributed by atoms with Crippen LogP contribution in [0.1, 0.15) is 11.7 Å². The van der Waals surface area contributed by atoms with Crippen LogP contribution in [-0.2, 0) is 0 Å². The molecule has 0 spiro atoms. The normalized spacial score (nSPS) is 12.2. The summed E-state index contributed by atoms with van der Waals surface area (Å²) in [5.74, 6) is -1.25. The van der Waals surface area contributed by atoms with Crippen LogP contribution in [0.2, 0.25) is 5.02 Å². The molecule has 2 nitrogen and oxygen atoms in total. The Morgan fingerprint density at radius 1 is 1.20 bits per heavy atom. The fourth-order valence-corrected chi connectivity index (χ4v) is 2.46. The SMILES string of the molecule is OC(CNc1ccc(Br)cc1Cl)c1cc(F)ccc1F. The van der Waals surface area contributed by atoms with Crippen molar-refractivity contribution in [2.75, 3.05) is 11.9 Å². The van der Waals surface area contributed by atoms with Gasteiger partial charge < -0.3 is 10.4 Å². The third-order valence-corrected chi connectivity index (χ3v) is 3.54. The minimum absolute atomic E-state index is 0.0156. The highest BCUT2D eigenvalue weighted by Crippen LogP contribution is 2.26. The molecular formula is C14H11BrClF2NO. The van der Waals surface area contributed by atoms with E-state index in [4.69, 9.17) is 11.6 Å². The van der Waals surface area contributed by atoms with E-state index in [9.17, 15) is 13.9 Å². The van der Waals surface area contributed by atoms with Crippen molar-refractivity contribution in [3.63, 3.8) is 0 Å². The molecule has 2 N–H and O–H groups in total. The van der Waals surface area contributed by atoms with E-state index in [1.54, 1.807) is 18.2 Å². The Morgan fingerprint density at radius 2 is 1.95 bits per heavy atom. The molecule has 0 radical (unpaired) electrons. The molecule has 0 aliphatic rings. The Hall–Kier alpha value is -1.17. The molecule has 0 aliphatic heterocycles. The smallest absolute Gasteiger partial charge is 0.129 e. The Bertz CT molecular complexity index is 624. The predicted molar refractivity (Wildman–Crippen MR) is 79.0 cm³/mol. The number of aliphatic hydroxyl groups excluding tert-OH is 1. The van der Waals surface area contributed by atoms with E-state index in [-0.39, 0.29) is 12.1 Å². The number of benzene rings is 2. The maximum Gasteiger partial charge on any atom is 0.129 e. The van der Waals surface area contributed by atoms with Crippen LogP contribution in [0.15, 0.2) is 40.9 Å². The van der Waals surface area contributed by atoms with E-state index >= 15 is 0 Å². The first kappa shape index (κ1) is 15.2. The Balaban J connectivity index is 2.08. The molecular weight excluding hydrogens is 352 g/mol. The summed E-state index contributed by atoms with van der Waals surface area (Å²) >= 11 is 9.28. The molecule has 0 heterocycles. The summed E-state index contributed by atoms with van der Waals surface area (Å²) in [7, 11) is 0. The first-order valence-corrected chi connectivity index (χ1v) is 6.96. The minimum atomic E-state index is -1.18. The standard InChI is InChI=1S/C14H11BrClF2NO/c15-8-1-4-13(11(16)5-8)19-7-14(20)10-6-9(17)2-3-12(10)18/h1-6,14,19-20H,7H2. The van der Waals surface area contributed by atoms with Crippen LogP contribution >= 0.6 is 27.5 Å². The van der Waals surface area contributed by atoms with Crippen molar-refractivity contribution in [3.05, 3.63) is 63.1 Å². The molecule has 0 fully saturated rings. The first-order valence-electron chi connectivity index (χ1n) is 5.79. The second-order valence-electron chi connectivity index (χ2n) is 4.19. The van der Waals surface area contributed by atoms with Gasteiger partial charge in [-0.15, -0.1) is 0 Å². The number of rotatable bonds is 4. The van der Waals surface area contributed by atoms with E-state index in [2.05, 4.69) is 21.2 Å². The zero-order chi connectivity index (χ0) is 14.7. The zero-order valence-corrected chi connectivity index (χ0v) is 12.5. The maximum atomic E-state index is 13.5. The number of hydrogen-bond acceptors (Lipinski definition) is 2. The highest BCUT2D eigenvalue weighted by atomic mass is 79.9. The van der Waals surface area contributed by atoms with Crippen molar-refractivity contribution in [2.45, 2.75) is 6.10 Å². The molecule has 0 bridgehead atoms. The average Bonchev–Trinajstić information content (AvgIpc) is 2.40. The van der Waals surface area contributed by atoms with Gasteiger partial charge in [-0.05, 0) is 36.4 Å². The van der Waals surface area contributed by atoms with Crippen LogP contribution in [0.4, 0.5) is 14.5 Å². The number of hydrogen-bond donors (Lipinski definition) is 2. The molecule has 1 unspecified atom stereocenters. The number of halogens is 4. The van der Waals surface area contributed by atoms with Crippen LogP contribution in [0.25, 0.3) is 0 Å². The number of nitrogens with one attached hydrogen (secondary N) is 1. The van der Waals surface area contributed by atoms with Gasteiger partial charge in [-0.2, -0.15) is 0 Å². The second kappa shape index (κ2) is 6.52. The van der Waals surface area contributed by atoms with E-state index in [1.165, 1.54) is 0 Å². The molecule has 0 saturated heterocycles. The van der Waals surface area contributed by atoms with Crippen LogP contribution in [0.3, 0.4) is 0 Å². The summed E-state index contributed by atoms with van der Waals surface area (Å²) in [5.41, 5.74) is 0.511. The van der Waals surface area contributed by atoms with Crippen LogP contribution in [0, 0.1) is 11.6 Å². The first-order chi connectivity index (χ1) is 9.47. The zero-order valence-electron chi connectivity index (χ0n) is 10.2. The fraction of sp³-hybridized carbons (Fsp3) is 0.143. The number of anilines is 1. The minimum Gasteiger partial charge on any atom is -0.386 e. The van der Waals surface area contributed by atoms with Gasteiger partial charge in [0.15, 0.2) is 0 Å². The van der Waals surface area contributed by atoms with Crippen molar-refractivity contribution < 1.29 is 13.9 Å². The maximum absolute atomic E-state index is 13.5. The van der Waals surface area contributed by atoms with E-state index in [0.29, 0.717) is 10.7 Å². The molecule has 6 heteroatoms. The third-order valence-electron chi connectivity index (χ3n) is 2.73. The van der Waals surface area contributed by atoms with Crippen LogP contribution in [-0.4, -0.2) is 11.7 Å². The lowest BCUT2D eigenvalue weighted by Crippen LogP contribution is -2.14. The molecule has 20 heavy (non-hydrogen) atoms. The summed E-state index contributed by atoms with van der Waals surface area (Å²) in [6, 6.07) is 8.17. The molecule has 0 aromatic heterocycles. The average molecular weight is 363 g/mol. The quantitative estimate of drug-likeness (QED) is 0.838. The van der Waals surface area contributed by atoms with Gasteiger partial charge in [0.2, 0.25) is 0 Å². The molecule has 0 aliphatic carbocycles. The highest BCUT2D eigenvalue weighted by Gasteiger charge is 2.14. The largest absolute Gasteiger partial charge is 0.386 e. The summed E-state index contributed by atoms with van der Waals surface area (Å²) < 4.78 is 27.4. The van der Waals surface area contributed by atoms with Gasteiger partial charge in [-0.3, -0.25) is 0 Å². The fourth-order valence-electron chi connectivity index (χ4n) is 1.72. The highest BCUT2D eigenvalue weighted by molar-refractivity contribution is 9.10. The lowest BCUT2D eigenvalue weighted by molar-refractivity contribution is 0.186. The Labute approximate surface area is 128 Å². The molecule has 106 valence electrons. The Kier molecular flexibility index (Phi) is 4.96. The summed E-state index contributed by atoms with van der Waals surface area (Å²) in [4.78, 5) is 0. The van der Waals surface area contributed by atoms with Crippen molar-refractivity contribution in [2.24, 2.45) is 0 Å².